The highest BCUT2D eigenvalue weighted by Gasteiger charge is 2.38. The highest BCUT2D eigenvalue weighted by molar-refractivity contribution is 8.14. The van der Waals surface area contributed by atoms with Crippen LogP contribution < -0.4 is 5.32 Å². The van der Waals surface area contributed by atoms with E-state index in [0.717, 1.165) is 25.2 Å². The summed E-state index contributed by atoms with van der Waals surface area (Å²) in [6.07, 6.45) is 0.914. The first-order valence-electron chi connectivity index (χ1n) is 6.47. The van der Waals surface area contributed by atoms with Crippen molar-refractivity contribution in [2.24, 2.45) is 0 Å². The molecule has 1 aromatic rings. The van der Waals surface area contributed by atoms with E-state index < -0.39 is 12.1 Å². The Morgan fingerprint density at radius 2 is 2.17 bits per heavy atom. The highest BCUT2D eigenvalue weighted by atomic mass is 32.2. The van der Waals surface area contributed by atoms with Gasteiger partial charge in [0.05, 0.1) is 0 Å². The number of nitrogens with one attached hydrogen (secondary N) is 1. The Kier molecular flexibility index (Phi) is 7.30. The Balaban J connectivity index is 0.000000322. The molecule has 1 aliphatic rings. The molecular formula is C13H15F3N2O4S. The molecule has 0 bridgehead atoms. The predicted octanol–water partition coefficient (Wildman–Crippen LogP) is 2.33. The number of carbonyl (C=O) groups is 2. The molecule has 1 fully saturated rings. The quantitative estimate of drug-likeness (QED) is 0.844. The zero-order valence-electron chi connectivity index (χ0n) is 12.1. The van der Waals surface area contributed by atoms with Gasteiger partial charge in [-0.05, 0) is 24.6 Å². The standard InChI is InChI=1S/C11H14N2O2S.C2HF3O2/c1-8(14)16-11-2-3-12-5-9(11)4-10-6-15-7-13-10;3-2(4,5)1(6)7/h4,6-7,11-12H,2-3,5H2,1H3;(H,6,7)/b9-4+;. The van der Waals surface area contributed by atoms with Gasteiger partial charge in [-0.15, -0.1) is 0 Å². The van der Waals surface area contributed by atoms with Crippen molar-refractivity contribution in [3.8, 4) is 0 Å². The van der Waals surface area contributed by atoms with Crippen LogP contribution in [0.5, 0.6) is 0 Å². The number of carboxylic acids is 1. The average Bonchev–Trinajstić information content (AvgIpc) is 2.93. The number of hydrogen-bond acceptors (Lipinski definition) is 6. The van der Waals surface area contributed by atoms with Gasteiger partial charge >= 0.3 is 12.1 Å². The van der Waals surface area contributed by atoms with Crippen LogP contribution >= 0.6 is 11.8 Å². The first-order chi connectivity index (χ1) is 10.7. The minimum Gasteiger partial charge on any atom is -0.475 e. The second-order valence-corrected chi connectivity index (χ2v) is 5.88. The fraction of sp³-hybridized carbons (Fsp3) is 0.462. The molecule has 2 N–H and O–H groups in total. The van der Waals surface area contributed by atoms with Gasteiger partial charge in [-0.3, -0.25) is 4.79 Å². The third-order valence-corrected chi connectivity index (χ3v) is 3.82. The molecule has 0 radical (unpaired) electrons. The van der Waals surface area contributed by atoms with Crippen LogP contribution in [0.3, 0.4) is 0 Å². The zero-order chi connectivity index (χ0) is 17.5. The molecule has 6 nitrogen and oxygen atoms in total. The number of thioether (sulfide) groups is 1. The minimum atomic E-state index is -5.08. The van der Waals surface area contributed by atoms with E-state index in [2.05, 4.69) is 10.3 Å². The number of carboxylic acid groups (broad SMARTS) is 1. The summed E-state index contributed by atoms with van der Waals surface area (Å²) in [5.41, 5.74) is 2.02. The molecule has 0 spiro atoms. The molecular weight excluding hydrogens is 337 g/mol. The summed E-state index contributed by atoms with van der Waals surface area (Å²) in [6.45, 7) is 3.39. The lowest BCUT2D eigenvalue weighted by atomic mass is 10.1. The normalized spacial score (nSPS) is 19.8. The predicted molar refractivity (Wildman–Crippen MR) is 77.7 cm³/mol. The van der Waals surface area contributed by atoms with Crippen molar-refractivity contribution >= 4 is 28.9 Å². The van der Waals surface area contributed by atoms with Crippen LogP contribution in [0.1, 0.15) is 19.0 Å². The molecule has 1 unspecified atom stereocenters. The van der Waals surface area contributed by atoms with Gasteiger partial charge in [0, 0.05) is 18.7 Å². The van der Waals surface area contributed by atoms with Crippen LogP contribution in [-0.2, 0) is 9.59 Å². The molecule has 0 aromatic carbocycles. The van der Waals surface area contributed by atoms with Crippen molar-refractivity contribution in [2.45, 2.75) is 24.8 Å². The summed E-state index contributed by atoms with van der Waals surface area (Å²) >= 11 is 1.40. The van der Waals surface area contributed by atoms with E-state index in [0.29, 0.717) is 0 Å². The first-order valence-corrected chi connectivity index (χ1v) is 7.35. The topological polar surface area (TPSA) is 92.4 Å². The first kappa shape index (κ1) is 19.2. The lowest BCUT2D eigenvalue weighted by molar-refractivity contribution is -0.192. The number of oxazole rings is 1. The molecule has 0 saturated carbocycles. The van der Waals surface area contributed by atoms with Crippen LogP contribution in [-0.4, -0.2) is 45.7 Å². The smallest absolute Gasteiger partial charge is 0.475 e. The summed E-state index contributed by atoms with van der Waals surface area (Å²) in [6, 6.07) is 0. The maximum absolute atomic E-state index is 11.1. The molecule has 2 heterocycles. The van der Waals surface area contributed by atoms with Crippen molar-refractivity contribution in [3.63, 3.8) is 0 Å². The van der Waals surface area contributed by atoms with E-state index in [1.165, 1.54) is 23.7 Å². The summed E-state index contributed by atoms with van der Waals surface area (Å²) in [5.74, 6) is -2.76. The van der Waals surface area contributed by atoms with Gasteiger partial charge in [0.1, 0.15) is 12.0 Å². The van der Waals surface area contributed by atoms with Crippen LogP contribution in [0, 0.1) is 0 Å². The number of piperidine rings is 1. The molecule has 23 heavy (non-hydrogen) atoms. The Hall–Kier alpha value is -1.81. The lowest BCUT2D eigenvalue weighted by Gasteiger charge is -2.24. The van der Waals surface area contributed by atoms with Crippen molar-refractivity contribution in [3.05, 3.63) is 23.9 Å². The van der Waals surface area contributed by atoms with Crippen LogP contribution in [0.2, 0.25) is 0 Å². The molecule has 1 aliphatic heterocycles. The Morgan fingerprint density at radius 3 is 2.65 bits per heavy atom. The zero-order valence-corrected chi connectivity index (χ0v) is 12.9. The van der Waals surface area contributed by atoms with Crippen molar-refractivity contribution in [1.29, 1.82) is 0 Å². The summed E-state index contributed by atoms with van der Waals surface area (Å²) in [7, 11) is 0. The fourth-order valence-corrected chi connectivity index (χ4v) is 2.67. The molecule has 1 aromatic heterocycles. The number of aromatic nitrogens is 1. The van der Waals surface area contributed by atoms with Crippen molar-refractivity contribution < 1.29 is 32.3 Å². The van der Waals surface area contributed by atoms with E-state index in [1.54, 1.807) is 13.2 Å². The number of aliphatic carboxylic acids is 1. The number of halogens is 3. The molecule has 0 amide bonds. The highest BCUT2D eigenvalue weighted by Crippen LogP contribution is 2.26. The maximum Gasteiger partial charge on any atom is 0.490 e. The number of nitrogens with zero attached hydrogens (tertiary/aromatic N) is 1. The minimum absolute atomic E-state index is 0.165. The average molecular weight is 352 g/mol. The molecule has 2 rings (SSSR count). The summed E-state index contributed by atoms with van der Waals surface area (Å²) in [5, 5.41) is 10.9. The number of alkyl halides is 3. The monoisotopic (exact) mass is 352 g/mol. The number of rotatable bonds is 2. The Labute approximate surface area is 134 Å². The van der Waals surface area contributed by atoms with Crippen LogP contribution in [0.15, 0.2) is 22.6 Å². The largest absolute Gasteiger partial charge is 0.490 e. The van der Waals surface area contributed by atoms with Gasteiger partial charge in [0.25, 0.3) is 0 Å². The van der Waals surface area contributed by atoms with Gasteiger partial charge in [0.2, 0.25) is 0 Å². The summed E-state index contributed by atoms with van der Waals surface area (Å²) in [4.78, 5) is 24.1. The lowest BCUT2D eigenvalue weighted by Crippen LogP contribution is -2.32. The van der Waals surface area contributed by atoms with Crippen molar-refractivity contribution in [1.82, 2.24) is 10.3 Å². The Morgan fingerprint density at radius 1 is 1.52 bits per heavy atom. The van der Waals surface area contributed by atoms with E-state index in [-0.39, 0.29) is 10.4 Å². The second kappa shape index (κ2) is 8.73. The fourth-order valence-electron chi connectivity index (χ4n) is 1.73. The van der Waals surface area contributed by atoms with E-state index in [9.17, 15) is 18.0 Å². The third kappa shape index (κ3) is 7.33. The molecule has 1 saturated heterocycles. The number of hydrogen-bond donors (Lipinski definition) is 2. The van der Waals surface area contributed by atoms with Gasteiger partial charge in [-0.1, -0.05) is 11.8 Å². The molecule has 10 heteroatoms. The number of carbonyl (C=O) groups excluding carboxylic acids is 1. The Bertz CT molecular complexity index is 558. The van der Waals surface area contributed by atoms with Gasteiger partial charge in [-0.25, -0.2) is 9.78 Å². The van der Waals surface area contributed by atoms with E-state index in [4.69, 9.17) is 14.3 Å². The molecule has 0 aliphatic carbocycles. The van der Waals surface area contributed by atoms with Gasteiger partial charge < -0.3 is 14.8 Å². The SMILES string of the molecule is CC(=O)SC1CCNC/C1=C\c1cocn1.O=C(O)C(F)(F)F. The summed E-state index contributed by atoms with van der Waals surface area (Å²) < 4.78 is 36.7. The van der Waals surface area contributed by atoms with Gasteiger partial charge in [-0.2, -0.15) is 13.2 Å². The second-order valence-electron chi connectivity index (χ2n) is 4.50. The maximum atomic E-state index is 11.1. The van der Waals surface area contributed by atoms with Crippen LogP contribution in [0.4, 0.5) is 13.2 Å². The van der Waals surface area contributed by atoms with Gasteiger partial charge in [0.15, 0.2) is 11.5 Å². The van der Waals surface area contributed by atoms with Crippen molar-refractivity contribution in [2.75, 3.05) is 13.1 Å². The van der Waals surface area contributed by atoms with E-state index in [1.807, 2.05) is 6.08 Å². The van der Waals surface area contributed by atoms with E-state index >= 15 is 0 Å². The van der Waals surface area contributed by atoms with Crippen LogP contribution in [0.25, 0.3) is 6.08 Å². The molecule has 1 atom stereocenters. The third-order valence-electron chi connectivity index (χ3n) is 2.66. The molecule has 128 valence electrons.